The molecule has 1 fully saturated rings. The predicted molar refractivity (Wildman–Crippen MR) is 133 cm³/mol. The van der Waals surface area contributed by atoms with Gasteiger partial charge in [-0.15, -0.1) is 11.3 Å². The smallest absolute Gasteiger partial charge is 0.230 e. The molecule has 1 aliphatic rings. The van der Waals surface area contributed by atoms with Crippen molar-refractivity contribution < 1.29 is 9.59 Å². The molecule has 1 aromatic heterocycles. The molecular weight excluding hydrogens is 434 g/mol. The maximum absolute atomic E-state index is 12.5. The van der Waals surface area contributed by atoms with Crippen molar-refractivity contribution in [3.8, 4) is 10.6 Å². The summed E-state index contributed by atoms with van der Waals surface area (Å²) < 4.78 is 0. The van der Waals surface area contributed by atoms with E-state index in [0.717, 1.165) is 49.0 Å². The van der Waals surface area contributed by atoms with Crippen molar-refractivity contribution >= 4 is 34.5 Å². The van der Waals surface area contributed by atoms with Crippen molar-refractivity contribution in [3.05, 3.63) is 65.2 Å². The lowest BCUT2D eigenvalue weighted by Crippen LogP contribution is -2.43. The molecule has 0 aliphatic carbocycles. The number of piperazine rings is 1. The van der Waals surface area contributed by atoms with E-state index in [-0.39, 0.29) is 18.2 Å². The van der Waals surface area contributed by atoms with Gasteiger partial charge < -0.3 is 15.5 Å². The molecule has 3 aromatic rings. The first-order chi connectivity index (χ1) is 15.9. The van der Waals surface area contributed by atoms with Crippen LogP contribution in [-0.4, -0.2) is 59.8 Å². The van der Waals surface area contributed by atoms with E-state index in [1.165, 1.54) is 12.5 Å². The first-order valence-electron chi connectivity index (χ1n) is 11.1. The summed E-state index contributed by atoms with van der Waals surface area (Å²) in [7, 11) is 2.17. The average Bonchev–Trinajstić information content (AvgIpc) is 3.24. The van der Waals surface area contributed by atoms with Crippen LogP contribution in [0, 0.1) is 0 Å². The van der Waals surface area contributed by atoms with Gasteiger partial charge in [0.25, 0.3) is 0 Å². The van der Waals surface area contributed by atoms with Crippen molar-refractivity contribution in [1.29, 1.82) is 0 Å². The van der Waals surface area contributed by atoms with Crippen LogP contribution in [0.25, 0.3) is 10.6 Å². The second-order valence-corrected chi connectivity index (χ2v) is 9.27. The molecule has 0 saturated carbocycles. The Morgan fingerprint density at radius 2 is 1.73 bits per heavy atom. The van der Waals surface area contributed by atoms with Gasteiger partial charge in [-0.3, -0.25) is 14.5 Å². The molecular formula is C25H29N5O2S. The summed E-state index contributed by atoms with van der Waals surface area (Å²) in [6, 6.07) is 15.6. The number of rotatable bonds is 7. The summed E-state index contributed by atoms with van der Waals surface area (Å²) in [6.07, 6.45) is 0.196. The Kier molecular flexibility index (Phi) is 7.49. The van der Waals surface area contributed by atoms with Gasteiger partial charge in [-0.1, -0.05) is 24.3 Å². The Morgan fingerprint density at radius 1 is 1.00 bits per heavy atom. The van der Waals surface area contributed by atoms with Gasteiger partial charge >= 0.3 is 0 Å². The lowest BCUT2D eigenvalue weighted by Gasteiger charge is -2.32. The van der Waals surface area contributed by atoms with E-state index < -0.39 is 0 Å². The highest BCUT2D eigenvalue weighted by molar-refractivity contribution is 7.13. The Hall–Kier alpha value is -3.07. The predicted octanol–water partition coefficient (Wildman–Crippen LogP) is 3.70. The number of carbonyl (C=O) groups is 2. The lowest BCUT2D eigenvalue weighted by molar-refractivity contribution is -0.116. The van der Waals surface area contributed by atoms with Crippen molar-refractivity contribution in [3.63, 3.8) is 0 Å². The van der Waals surface area contributed by atoms with Crippen LogP contribution < -0.4 is 10.6 Å². The minimum atomic E-state index is -0.152. The number of nitrogens with one attached hydrogen (secondary N) is 2. The van der Waals surface area contributed by atoms with Crippen LogP contribution in [0.15, 0.2) is 53.9 Å². The minimum Gasteiger partial charge on any atom is -0.326 e. The Labute approximate surface area is 198 Å². The first kappa shape index (κ1) is 23.1. The van der Waals surface area contributed by atoms with Crippen molar-refractivity contribution in [2.75, 3.05) is 43.9 Å². The number of hydrogen-bond donors (Lipinski definition) is 2. The zero-order valence-corrected chi connectivity index (χ0v) is 19.8. The molecule has 1 saturated heterocycles. The lowest BCUT2D eigenvalue weighted by atomic mass is 10.1. The zero-order valence-electron chi connectivity index (χ0n) is 19.0. The summed E-state index contributed by atoms with van der Waals surface area (Å²) >= 11 is 1.56. The molecule has 8 heteroatoms. The Morgan fingerprint density at radius 3 is 2.48 bits per heavy atom. The third-order valence-electron chi connectivity index (χ3n) is 5.54. The summed E-state index contributed by atoms with van der Waals surface area (Å²) in [5.41, 5.74) is 4.40. The van der Waals surface area contributed by atoms with E-state index in [0.29, 0.717) is 11.4 Å². The van der Waals surface area contributed by atoms with Crippen LogP contribution in [-0.2, 0) is 22.6 Å². The molecule has 0 unspecified atom stereocenters. The fraction of sp³-hybridized carbons (Fsp3) is 0.320. The number of carbonyl (C=O) groups excluding carboxylic acids is 2. The summed E-state index contributed by atoms with van der Waals surface area (Å²) in [4.78, 5) is 33.3. The summed E-state index contributed by atoms with van der Waals surface area (Å²) in [6.45, 7) is 6.78. The molecule has 1 aliphatic heterocycles. The topological polar surface area (TPSA) is 77.6 Å². The molecule has 0 radical (unpaired) electrons. The van der Waals surface area contributed by atoms with Gasteiger partial charge in [0.15, 0.2) is 0 Å². The number of nitrogens with zero attached hydrogens (tertiary/aromatic N) is 3. The fourth-order valence-electron chi connectivity index (χ4n) is 3.84. The highest BCUT2D eigenvalue weighted by Crippen LogP contribution is 2.25. The highest BCUT2D eigenvalue weighted by Gasteiger charge is 2.15. The molecule has 2 heterocycles. The molecule has 2 N–H and O–H groups in total. The quantitative estimate of drug-likeness (QED) is 0.559. The van der Waals surface area contributed by atoms with Crippen LogP contribution >= 0.6 is 11.3 Å². The number of amides is 2. The molecule has 7 nitrogen and oxygen atoms in total. The number of benzene rings is 2. The summed E-state index contributed by atoms with van der Waals surface area (Å²) in [5.74, 6) is -0.295. The van der Waals surface area contributed by atoms with Crippen molar-refractivity contribution in [2.24, 2.45) is 0 Å². The van der Waals surface area contributed by atoms with Gasteiger partial charge in [0, 0.05) is 62.0 Å². The third-order valence-corrected chi connectivity index (χ3v) is 6.48. The number of hydrogen-bond acceptors (Lipinski definition) is 6. The molecule has 0 bridgehead atoms. The van der Waals surface area contributed by atoms with Gasteiger partial charge in [-0.05, 0) is 36.9 Å². The molecule has 0 spiro atoms. The van der Waals surface area contributed by atoms with Gasteiger partial charge in [-0.2, -0.15) is 0 Å². The molecule has 4 rings (SSSR count). The van der Waals surface area contributed by atoms with Gasteiger partial charge in [0.2, 0.25) is 11.8 Å². The number of thiazole rings is 1. The first-order valence-corrected chi connectivity index (χ1v) is 11.9. The number of aromatic nitrogens is 1. The normalized spacial score (nSPS) is 14.7. The largest absolute Gasteiger partial charge is 0.326 e. The third kappa shape index (κ3) is 6.71. The van der Waals surface area contributed by atoms with Gasteiger partial charge in [-0.25, -0.2) is 4.98 Å². The van der Waals surface area contributed by atoms with Crippen LogP contribution in [0.3, 0.4) is 0 Å². The molecule has 172 valence electrons. The van der Waals surface area contributed by atoms with Crippen LogP contribution in [0.4, 0.5) is 11.4 Å². The maximum atomic E-state index is 12.5. The van der Waals surface area contributed by atoms with E-state index in [1.54, 1.807) is 35.6 Å². The fourth-order valence-corrected chi connectivity index (χ4v) is 4.65. The van der Waals surface area contributed by atoms with Crippen molar-refractivity contribution in [2.45, 2.75) is 19.9 Å². The van der Waals surface area contributed by atoms with Gasteiger partial charge in [0.05, 0.1) is 12.1 Å². The number of anilines is 2. The number of likely N-dealkylation sites (N-methyl/N-ethyl adjacent to an activating group) is 1. The van der Waals surface area contributed by atoms with E-state index >= 15 is 0 Å². The standard InChI is InChI=1S/C25H29N5O2S/c1-18(31)26-21-7-4-8-22(14-21)27-24(32)15-23-17-33-25(28-23)20-6-3-5-19(13-20)16-30-11-9-29(2)10-12-30/h3-8,13-14,17H,9-12,15-16H2,1-2H3,(H,26,31)(H,27,32). The maximum Gasteiger partial charge on any atom is 0.230 e. The van der Waals surface area contributed by atoms with Crippen LogP contribution in [0.2, 0.25) is 0 Å². The second kappa shape index (κ2) is 10.7. The van der Waals surface area contributed by atoms with E-state index in [1.807, 2.05) is 5.38 Å². The Bertz CT molecular complexity index is 1120. The molecule has 33 heavy (non-hydrogen) atoms. The van der Waals surface area contributed by atoms with Crippen molar-refractivity contribution in [1.82, 2.24) is 14.8 Å². The highest BCUT2D eigenvalue weighted by atomic mass is 32.1. The molecule has 0 atom stereocenters. The average molecular weight is 464 g/mol. The minimum absolute atomic E-state index is 0.143. The van der Waals surface area contributed by atoms with Gasteiger partial charge in [0.1, 0.15) is 5.01 Å². The SMILES string of the molecule is CC(=O)Nc1cccc(NC(=O)Cc2csc(-c3cccc(CN4CCN(C)CC4)c3)n2)c1. The van der Waals surface area contributed by atoms with Crippen LogP contribution in [0.5, 0.6) is 0 Å². The van der Waals surface area contributed by atoms with E-state index in [9.17, 15) is 9.59 Å². The van der Waals surface area contributed by atoms with Crippen LogP contribution in [0.1, 0.15) is 18.2 Å². The summed E-state index contributed by atoms with van der Waals surface area (Å²) in [5, 5.41) is 8.45. The Balaban J connectivity index is 1.36. The molecule has 2 aromatic carbocycles. The van der Waals surface area contributed by atoms with E-state index in [4.69, 9.17) is 4.98 Å². The van der Waals surface area contributed by atoms with E-state index in [2.05, 4.69) is 51.7 Å². The molecule has 2 amide bonds. The zero-order chi connectivity index (χ0) is 23.2. The monoisotopic (exact) mass is 463 g/mol. The second-order valence-electron chi connectivity index (χ2n) is 8.41.